The third-order valence-corrected chi connectivity index (χ3v) is 7.24. The lowest BCUT2D eigenvalue weighted by molar-refractivity contribution is 0.201. The molecule has 1 aliphatic carbocycles. The fraction of sp³-hybridized carbons (Fsp3) is 0.333. The van der Waals surface area contributed by atoms with E-state index in [9.17, 15) is 4.91 Å². The van der Waals surface area contributed by atoms with E-state index in [0.29, 0.717) is 5.92 Å². The van der Waals surface area contributed by atoms with Gasteiger partial charge in [0.15, 0.2) is 0 Å². The Morgan fingerprint density at radius 3 is 2.68 bits per heavy atom. The molecule has 34 heavy (non-hydrogen) atoms. The largest absolute Gasteiger partial charge is 0.472 e. The molecule has 0 bridgehead atoms. The van der Waals surface area contributed by atoms with Crippen molar-refractivity contribution < 1.29 is 4.42 Å². The number of likely N-dealkylation sites (tertiary alicyclic amines) is 1. The summed E-state index contributed by atoms with van der Waals surface area (Å²) in [5, 5.41) is 3.30. The number of nitrogens with one attached hydrogen (secondary N) is 1. The van der Waals surface area contributed by atoms with Crippen LogP contribution in [-0.2, 0) is 13.0 Å². The monoisotopic (exact) mass is 453 g/mol. The van der Waals surface area contributed by atoms with Crippen LogP contribution in [0.15, 0.2) is 70.9 Å². The van der Waals surface area contributed by atoms with Crippen molar-refractivity contribution >= 4 is 0 Å². The second-order valence-electron chi connectivity index (χ2n) is 9.34. The molecule has 1 unspecified atom stereocenters. The molecule has 6 rings (SSSR count). The number of piperidine rings is 1. The maximum atomic E-state index is 11.2. The predicted octanol–water partition coefficient (Wildman–Crippen LogP) is 5.87. The van der Waals surface area contributed by atoms with Crippen LogP contribution in [0.5, 0.6) is 0 Å². The average molecular weight is 454 g/mol. The van der Waals surface area contributed by atoms with Gasteiger partial charge in [0.1, 0.15) is 11.9 Å². The quantitative estimate of drug-likeness (QED) is 0.369. The summed E-state index contributed by atoms with van der Waals surface area (Å²) >= 11 is 0. The highest BCUT2D eigenvalue weighted by atomic mass is 16.3. The van der Waals surface area contributed by atoms with E-state index in [1.807, 2.05) is 36.9 Å². The normalized spacial score (nSPS) is 18.8. The van der Waals surface area contributed by atoms with Crippen molar-refractivity contribution in [2.24, 2.45) is 5.18 Å². The molecule has 0 amide bonds. The third-order valence-electron chi connectivity index (χ3n) is 7.24. The number of hydrogen-bond donors (Lipinski definition) is 1. The number of aryl methyl sites for hydroxylation is 1. The zero-order valence-corrected chi connectivity index (χ0v) is 19.0. The highest BCUT2D eigenvalue weighted by Crippen LogP contribution is 2.39. The summed E-state index contributed by atoms with van der Waals surface area (Å²) < 4.78 is 5.22. The Morgan fingerprint density at radius 2 is 1.91 bits per heavy atom. The number of benzene rings is 1. The van der Waals surface area contributed by atoms with E-state index in [1.54, 1.807) is 6.26 Å². The molecule has 1 aromatic carbocycles. The fourth-order valence-corrected chi connectivity index (χ4v) is 5.38. The molecule has 0 spiro atoms. The van der Waals surface area contributed by atoms with Gasteiger partial charge in [0.2, 0.25) is 0 Å². The molecule has 1 saturated heterocycles. The molecule has 4 heterocycles. The number of furan rings is 1. The van der Waals surface area contributed by atoms with Gasteiger partial charge in [0, 0.05) is 41.5 Å². The SMILES string of the molecule is O=NC1CCc2cc(-c3nc(C4CCN(Cc5ccoc5)CC4)[nH]c3-c3ccncc3)ccc21. The van der Waals surface area contributed by atoms with Crippen molar-refractivity contribution in [1.29, 1.82) is 0 Å². The van der Waals surface area contributed by atoms with Crippen LogP contribution >= 0.6 is 0 Å². The molecule has 2 aliphatic rings. The summed E-state index contributed by atoms with van der Waals surface area (Å²) in [6.45, 7) is 3.01. The average Bonchev–Trinajstić information content (AvgIpc) is 3.64. The second kappa shape index (κ2) is 8.99. The summed E-state index contributed by atoms with van der Waals surface area (Å²) in [5.41, 5.74) is 7.65. The molecular formula is C27H27N5O2. The van der Waals surface area contributed by atoms with Crippen LogP contribution in [0.25, 0.3) is 22.5 Å². The lowest BCUT2D eigenvalue weighted by atomic mass is 9.96. The highest BCUT2D eigenvalue weighted by Gasteiger charge is 2.27. The number of aromatic nitrogens is 3. The van der Waals surface area contributed by atoms with Gasteiger partial charge in [-0.1, -0.05) is 17.3 Å². The van der Waals surface area contributed by atoms with Crippen LogP contribution in [0, 0.1) is 4.91 Å². The van der Waals surface area contributed by atoms with Crippen molar-refractivity contribution in [3.63, 3.8) is 0 Å². The number of rotatable bonds is 6. The summed E-state index contributed by atoms with van der Waals surface area (Å²) in [5.74, 6) is 1.45. The van der Waals surface area contributed by atoms with Crippen molar-refractivity contribution in [3.05, 3.63) is 88.7 Å². The number of nitrogens with zero attached hydrogens (tertiary/aromatic N) is 4. The first-order valence-corrected chi connectivity index (χ1v) is 12.0. The smallest absolute Gasteiger partial charge is 0.117 e. The maximum absolute atomic E-state index is 11.2. The number of fused-ring (bicyclic) bond motifs is 1. The van der Waals surface area contributed by atoms with Gasteiger partial charge < -0.3 is 9.40 Å². The zero-order chi connectivity index (χ0) is 22.9. The molecule has 1 N–H and O–H groups in total. The Bertz CT molecular complexity index is 1270. The summed E-state index contributed by atoms with van der Waals surface area (Å²) in [4.78, 5) is 26.7. The second-order valence-corrected chi connectivity index (χ2v) is 9.34. The van der Waals surface area contributed by atoms with Gasteiger partial charge in [-0.25, -0.2) is 4.98 Å². The van der Waals surface area contributed by atoms with E-state index in [2.05, 4.69) is 38.2 Å². The number of H-pyrrole nitrogens is 1. The molecule has 1 fully saturated rings. The number of imidazole rings is 1. The van der Waals surface area contributed by atoms with Crippen molar-refractivity contribution in [3.8, 4) is 22.5 Å². The maximum Gasteiger partial charge on any atom is 0.117 e. The first kappa shape index (κ1) is 21.0. The summed E-state index contributed by atoms with van der Waals surface area (Å²) in [7, 11) is 0. The molecule has 4 aromatic rings. The van der Waals surface area contributed by atoms with E-state index in [-0.39, 0.29) is 6.04 Å². The molecule has 172 valence electrons. The van der Waals surface area contributed by atoms with Gasteiger partial charge in [0.25, 0.3) is 0 Å². The molecule has 3 aromatic heterocycles. The minimum Gasteiger partial charge on any atom is -0.472 e. The summed E-state index contributed by atoms with van der Waals surface area (Å²) in [6.07, 6.45) is 11.0. The van der Waals surface area contributed by atoms with Crippen LogP contribution in [-0.4, -0.2) is 32.9 Å². The van der Waals surface area contributed by atoms with Gasteiger partial charge in [0.05, 0.1) is 23.9 Å². The molecule has 0 radical (unpaired) electrons. The van der Waals surface area contributed by atoms with E-state index < -0.39 is 0 Å². The standard InChI is InChI=1S/C27H27N5O2/c33-31-24-4-2-21-15-22(1-3-23(21)24)26-25(19-5-10-28-11-6-19)29-27(30-26)20-7-12-32(13-8-20)16-18-9-14-34-17-18/h1,3,5-6,9-11,14-15,17,20,24H,2,4,7-8,12-13,16H2,(H,29,30). The lowest BCUT2D eigenvalue weighted by Crippen LogP contribution is -2.32. The Balaban J connectivity index is 1.29. The molecular weight excluding hydrogens is 426 g/mol. The molecule has 1 aliphatic heterocycles. The molecule has 7 nitrogen and oxygen atoms in total. The van der Waals surface area contributed by atoms with Crippen molar-refractivity contribution in [2.45, 2.75) is 44.2 Å². The minimum absolute atomic E-state index is 0.217. The summed E-state index contributed by atoms with van der Waals surface area (Å²) in [6, 6.07) is 12.2. The van der Waals surface area contributed by atoms with E-state index in [1.165, 1.54) is 11.1 Å². The Morgan fingerprint density at radius 1 is 1.06 bits per heavy atom. The number of hydrogen-bond acceptors (Lipinski definition) is 6. The fourth-order valence-electron chi connectivity index (χ4n) is 5.38. The van der Waals surface area contributed by atoms with Crippen LogP contribution in [0.3, 0.4) is 0 Å². The Hall–Kier alpha value is -3.58. The molecule has 0 saturated carbocycles. The van der Waals surface area contributed by atoms with E-state index >= 15 is 0 Å². The number of pyridine rings is 1. The predicted molar refractivity (Wildman–Crippen MR) is 130 cm³/mol. The van der Waals surface area contributed by atoms with Crippen LogP contribution < -0.4 is 0 Å². The van der Waals surface area contributed by atoms with Gasteiger partial charge in [-0.05, 0) is 74.2 Å². The minimum atomic E-state index is -0.217. The van der Waals surface area contributed by atoms with Crippen molar-refractivity contribution in [1.82, 2.24) is 19.9 Å². The first-order chi connectivity index (χ1) is 16.8. The first-order valence-electron chi connectivity index (χ1n) is 12.0. The number of nitroso groups, excluding NO2 is 1. The van der Waals surface area contributed by atoms with Crippen molar-refractivity contribution in [2.75, 3.05) is 13.1 Å². The lowest BCUT2D eigenvalue weighted by Gasteiger charge is -2.30. The van der Waals surface area contributed by atoms with Crippen LogP contribution in [0.2, 0.25) is 0 Å². The topological polar surface area (TPSA) is 87.4 Å². The number of aromatic amines is 1. The van der Waals surface area contributed by atoms with Gasteiger partial charge in [-0.15, -0.1) is 0 Å². The highest BCUT2D eigenvalue weighted by molar-refractivity contribution is 5.79. The van der Waals surface area contributed by atoms with Gasteiger partial charge >= 0.3 is 0 Å². The van der Waals surface area contributed by atoms with Gasteiger partial charge in [-0.3, -0.25) is 9.88 Å². The van der Waals surface area contributed by atoms with Gasteiger partial charge in [-0.2, -0.15) is 4.91 Å². The van der Waals surface area contributed by atoms with E-state index in [0.717, 1.165) is 79.2 Å². The van der Waals surface area contributed by atoms with Crippen LogP contribution in [0.4, 0.5) is 0 Å². The Kier molecular flexibility index (Phi) is 5.55. The Labute approximate surface area is 198 Å². The third kappa shape index (κ3) is 3.96. The van der Waals surface area contributed by atoms with E-state index in [4.69, 9.17) is 9.40 Å². The molecule has 1 atom stereocenters. The molecule has 7 heteroatoms. The van der Waals surface area contributed by atoms with Crippen LogP contribution in [0.1, 0.15) is 53.7 Å². The zero-order valence-electron chi connectivity index (χ0n) is 19.0.